The van der Waals surface area contributed by atoms with Gasteiger partial charge in [-0.25, -0.2) is 0 Å². The molecule has 2 aromatic rings. The standard InChI is InChI=1S/C19H24N2O2/c1-14(2)12-13-20-15-8-10-16(11-9-15)21-19(22)17-6-4-5-7-18(17)23-3/h4-11,14,20H,12-13H2,1-3H3,(H,21,22). The van der Waals surface area contributed by atoms with E-state index in [0.29, 0.717) is 17.2 Å². The molecule has 0 radical (unpaired) electrons. The van der Waals surface area contributed by atoms with Gasteiger partial charge in [0.15, 0.2) is 0 Å². The van der Waals surface area contributed by atoms with Crippen molar-refractivity contribution in [2.75, 3.05) is 24.3 Å². The maximum atomic E-state index is 12.3. The lowest BCUT2D eigenvalue weighted by molar-refractivity contribution is 0.102. The van der Waals surface area contributed by atoms with Crippen LogP contribution in [0, 0.1) is 5.92 Å². The van der Waals surface area contributed by atoms with E-state index in [4.69, 9.17) is 4.74 Å². The molecule has 0 saturated heterocycles. The number of methoxy groups -OCH3 is 1. The number of amides is 1. The summed E-state index contributed by atoms with van der Waals surface area (Å²) in [7, 11) is 1.56. The number of hydrogen-bond donors (Lipinski definition) is 2. The number of rotatable bonds is 7. The lowest BCUT2D eigenvalue weighted by Crippen LogP contribution is -2.13. The summed E-state index contributed by atoms with van der Waals surface area (Å²) >= 11 is 0. The average Bonchev–Trinajstić information content (AvgIpc) is 2.56. The normalized spacial score (nSPS) is 10.4. The Morgan fingerprint density at radius 2 is 1.70 bits per heavy atom. The molecule has 0 heterocycles. The summed E-state index contributed by atoms with van der Waals surface area (Å²) in [6.45, 7) is 5.36. The number of anilines is 2. The highest BCUT2D eigenvalue weighted by Crippen LogP contribution is 2.20. The van der Waals surface area contributed by atoms with Gasteiger partial charge in [-0.15, -0.1) is 0 Å². The Morgan fingerprint density at radius 3 is 2.35 bits per heavy atom. The Labute approximate surface area is 137 Å². The lowest BCUT2D eigenvalue weighted by atomic mass is 10.1. The van der Waals surface area contributed by atoms with Gasteiger partial charge in [0.2, 0.25) is 0 Å². The summed E-state index contributed by atoms with van der Waals surface area (Å²) in [6.07, 6.45) is 1.13. The van der Waals surface area contributed by atoms with Gasteiger partial charge in [0.05, 0.1) is 12.7 Å². The van der Waals surface area contributed by atoms with E-state index in [9.17, 15) is 4.79 Å². The zero-order valence-corrected chi connectivity index (χ0v) is 13.9. The first kappa shape index (κ1) is 16.9. The summed E-state index contributed by atoms with van der Waals surface area (Å²) < 4.78 is 5.22. The molecule has 0 bridgehead atoms. The fourth-order valence-corrected chi connectivity index (χ4v) is 2.21. The van der Waals surface area contributed by atoms with Crippen molar-refractivity contribution < 1.29 is 9.53 Å². The molecule has 2 N–H and O–H groups in total. The molecular formula is C19H24N2O2. The summed E-state index contributed by atoms with van der Waals surface area (Å²) in [5.74, 6) is 1.07. The predicted octanol–water partition coefficient (Wildman–Crippen LogP) is 4.41. The molecule has 4 heteroatoms. The number of carbonyl (C=O) groups excluding carboxylic acids is 1. The molecule has 2 rings (SSSR count). The van der Waals surface area contributed by atoms with Gasteiger partial charge in [-0.3, -0.25) is 4.79 Å². The van der Waals surface area contributed by atoms with Gasteiger partial charge in [0.1, 0.15) is 5.75 Å². The third-order valence-corrected chi connectivity index (χ3v) is 3.55. The highest BCUT2D eigenvalue weighted by molar-refractivity contribution is 6.06. The molecule has 0 aliphatic heterocycles. The van der Waals surface area contributed by atoms with Gasteiger partial charge in [-0.1, -0.05) is 26.0 Å². The lowest BCUT2D eigenvalue weighted by Gasteiger charge is -2.11. The molecule has 0 aliphatic carbocycles. The van der Waals surface area contributed by atoms with Crippen molar-refractivity contribution in [1.29, 1.82) is 0 Å². The van der Waals surface area contributed by atoms with Crippen molar-refractivity contribution in [2.45, 2.75) is 20.3 Å². The Hall–Kier alpha value is -2.49. The summed E-state index contributed by atoms with van der Waals surface area (Å²) in [5, 5.41) is 6.26. The minimum absolute atomic E-state index is 0.178. The van der Waals surface area contributed by atoms with Gasteiger partial charge in [0.25, 0.3) is 5.91 Å². The third kappa shape index (κ3) is 5.02. The zero-order valence-electron chi connectivity index (χ0n) is 13.9. The van der Waals surface area contributed by atoms with Crippen LogP contribution in [0.15, 0.2) is 48.5 Å². The maximum Gasteiger partial charge on any atom is 0.259 e. The van der Waals surface area contributed by atoms with E-state index >= 15 is 0 Å². The Balaban J connectivity index is 1.96. The van der Waals surface area contributed by atoms with Gasteiger partial charge in [0, 0.05) is 17.9 Å². The first-order valence-corrected chi connectivity index (χ1v) is 7.88. The second kappa shape index (κ2) is 8.22. The van der Waals surface area contributed by atoms with Crippen LogP contribution in [0.25, 0.3) is 0 Å². The van der Waals surface area contributed by atoms with Crippen LogP contribution in [0.4, 0.5) is 11.4 Å². The van der Waals surface area contributed by atoms with Crippen LogP contribution in [-0.4, -0.2) is 19.6 Å². The summed E-state index contributed by atoms with van der Waals surface area (Å²) in [5.41, 5.74) is 2.34. The van der Waals surface area contributed by atoms with Crippen molar-refractivity contribution in [3.05, 3.63) is 54.1 Å². The molecule has 4 nitrogen and oxygen atoms in total. The zero-order chi connectivity index (χ0) is 16.7. The Morgan fingerprint density at radius 1 is 1.04 bits per heavy atom. The summed E-state index contributed by atoms with van der Waals surface area (Å²) in [4.78, 5) is 12.3. The van der Waals surface area contributed by atoms with E-state index in [1.807, 2.05) is 36.4 Å². The minimum atomic E-state index is -0.178. The molecule has 0 fully saturated rings. The van der Waals surface area contributed by atoms with Crippen molar-refractivity contribution >= 4 is 17.3 Å². The van der Waals surface area contributed by atoms with Crippen molar-refractivity contribution in [2.24, 2.45) is 5.92 Å². The fourth-order valence-electron chi connectivity index (χ4n) is 2.21. The number of ether oxygens (including phenoxy) is 1. The Bertz CT molecular complexity index is 636. The third-order valence-electron chi connectivity index (χ3n) is 3.55. The van der Waals surface area contributed by atoms with Gasteiger partial charge in [-0.2, -0.15) is 0 Å². The van der Waals surface area contributed by atoms with Gasteiger partial charge in [-0.05, 0) is 48.7 Å². The topological polar surface area (TPSA) is 50.4 Å². The number of nitrogens with one attached hydrogen (secondary N) is 2. The van der Waals surface area contributed by atoms with Crippen LogP contribution in [0.3, 0.4) is 0 Å². The number of hydrogen-bond acceptors (Lipinski definition) is 3. The average molecular weight is 312 g/mol. The SMILES string of the molecule is COc1ccccc1C(=O)Nc1ccc(NCCC(C)C)cc1. The molecule has 0 aromatic heterocycles. The molecule has 1 amide bonds. The van der Waals surface area contributed by atoms with E-state index in [1.165, 1.54) is 0 Å². The van der Waals surface area contributed by atoms with E-state index in [2.05, 4.69) is 24.5 Å². The van der Waals surface area contributed by atoms with Gasteiger partial charge < -0.3 is 15.4 Å². The molecule has 23 heavy (non-hydrogen) atoms. The molecule has 2 aromatic carbocycles. The van der Waals surface area contributed by atoms with Gasteiger partial charge >= 0.3 is 0 Å². The highest BCUT2D eigenvalue weighted by atomic mass is 16.5. The number of para-hydroxylation sites is 1. The van der Waals surface area contributed by atoms with Crippen LogP contribution in [0.5, 0.6) is 5.75 Å². The second-order valence-corrected chi connectivity index (χ2v) is 5.84. The van der Waals surface area contributed by atoms with Crippen molar-refractivity contribution in [1.82, 2.24) is 0 Å². The van der Waals surface area contributed by atoms with Crippen molar-refractivity contribution in [3.63, 3.8) is 0 Å². The molecule has 0 saturated carbocycles. The van der Waals surface area contributed by atoms with Crippen molar-refractivity contribution in [3.8, 4) is 5.75 Å². The van der Waals surface area contributed by atoms with E-state index in [1.54, 1.807) is 19.2 Å². The van der Waals surface area contributed by atoms with E-state index < -0.39 is 0 Å². The van der Waals surface area contributed by atoms with Crippen LogP contribution in [0.2, 0.25) is 0 Å². The van der Waals surface area contributed by atoms with E-state index in [0.717, 1.165) is 24.3 Å². The number of carbonyl (C=O) groups is 1. The monoisotopic (exact) mass is 312 g/mol. The van der Waals surface area contributed by atoms with Crippen LogP contribution in [0.1, 0.15) is 30.6 Å². The molecule has 122 valence electrons. The fraction of sp³-hybridized carbons (Fsp3) is 0.316. The number of benzene rings is 2. The molecular weight excluding hydrogens is 288 g/mol. The first-order valence-electron chi connectivity index (χ1n) is 7.88. The summed E-state index contributed by atoms with van der Waals surface area (Å²) in [6, 6.07) is 14.9. The van der Waals surface area contributed by atoms with E-state index in [-0.39, 0.29) is 5.91 Å². The Kier molecular flexibility index (Phi) is 6.03. The molecule has 0 atom stereocenters. The second-order valence-electron chi connectivity index (χ2n) is 5.84. The largest absolute Gasteiger partial charge is 0.496 e. The highest BCUT2D eigenvalue weighted by Gasteiger charge is 2.11. The van der Waals surface area contributed by atoms with Crippen LogP contribution in [-0.2, 0) is 0 Å². The molecule has 0 unspecified atom stereocenters. The minimum Gasteiger partial charge on any atom is -0.496 e. The smallest absolute Gasteiger partial charge is 0.259 e. The predicted molar refractivity (Wildman–Crippen MR) is 95.3 cm³/mol. The maximum absolute atomic E-state index is 12.3. The van der Waals surface area contributed by atoms with Crippen LogP contribution >= 0.6 is 0 Å². The molecule has 0 spiro atoms. The first-order chi connectivity index (χ1) is 11.1. The van der Waals surface area contributed by atoms with Crippen LogP contribution < -0.4 is 15.4 Å². The molecule has 0 aliphatic rings. The quantitative estimate of drug-likeness (QED) is 0.796.